The van der Waals surface area contributed by atoms with E-state index in [0.29, 0.717) is 11.7 Å². The van der Waals surface area contributed by atoms with Crippen molar-refractivity contribution in [1.82, 2.24) is 45.1 Å². The summed E-state index contributed by atoms with van der Waals surface area (Å²) in [5.41, 5.74) is 1.70. The van der Waals surface area contributed by atoms with Crippen molar-refractivity contribution in [2.24, 2.45) is 5.92 Å². The van der Waals surface area contributed by atoms with Crippen LogP contribution in [0, 0.1) is 5.92 Å². The molecule has 11 heteroatoms. The van der Waals surface area contributed by atoms with Gasteiger partial charge < -0.3 is 15.4 Å². The van der Waals surface area contributed by atoms with Gasteiger partial charge in [-0.1, -0.05) is 12.1 Å². The molecule has 3 aromatic heterocycles. The average molecular weight is 448 g/mol. The lowest BCUT2D eigenvalue weighted by atomic mass is 10.0. The van der Waals surface area contributed by atoms with Crippen molar-refractivity contribution in [3.05, 3.63) is 60.8 Å². The summed E-state index contributed by atoms with van der Waals surface area (Å²) in [6, 6.07) is 9.47. The van der Waals surface area contributed by atoms with Crippen molar-refractivity contribution in [3.8, 4) is 5.69 Å². The number of benzene rings is 1. The second-order valence-electron chi connectivity index (χ2n) is 7.92. The van der Waals surface area contributed by atoms with Crippen LogP contribution in [0.1, 0.15) is 24.5 Å². The number of hydrogen-bond acceptors (Lipinski definition) is 7. The van der Waals surface area contributed by atoms with Crippen molar-refractivity contribution < 1.29 is 9.53 Å². The van der Waals surface area contributed by atoms with Gasteiger partial charge in [0.25, 0.3) is 0 Å². The fraction of sp³-hybridized carbons (Fsp3) is 0.364. The van der Waals surface area contributed by atoms with Crippen LogP contribution in [-0.4, -0.2) is 53.8 Å². The molecule has 4 aromatic rings. The Bertz CT molecular complexity index is 1230. The largest absolute Gasteiger partial charge is 0.381 e. The van der Waals surface area contributed by atoms with E-state index in [0.717, 1.165) is 55.0 Å². The van der Waals surface area contributed by atoms with Crippen LogP contribution < -0.4 is 10.6 Å². The number of nitrogens with one attached hydrogen (secondary N) is 2. The van der Waals surface area contributed by atoms with Crippen LogP contribution in [0.5, 0.6) is 0 Å². The normalized spacial score (nSPS) is 14.4. The molecule has 0 aliphatic carbocycles. The number of nitrogens with zero attached hydrogens (tertiary/aromatic N) is 7. The Labute approximate surface area is 190 Å². The van der Waals surface area contributed by atoms with Gasteiger partial charge in [-0.2, -0.15) is 10.2 Å². The molecule has 1 fully saturated rings. The summed E-state index contributed by atoms with van der Waals surface area (Å²) in [6.07, 6.45) is 6.78. The van der Waals surface area contributed by atoms with E-state index in [1.54, 1.807) is 10.9 Å². The summed E-state index contributed by atoms with van der Waals surface area (Å²) in [5.74, 6) is 1.86. The number of hydrogen-bond donors (Lipinski definition) is 2. The Hall–Kier alpha value is -3.86. The number of urea groups is 1. The summed E-state index contributed by atoms with van der Waals surface area (Å²) in [6.45, 7) is 2.87. The standard InChI is InChI=1S/C22H25N9O2/c32-22(24-11-20-26-14-28-30(20)13-16-5-8-33-9-6-16)25-12-21-27-15-29-31(21)18-4-3-17-2-1-7-23-19(17)10-18/h1-4,7,10,14-16H,5-6,8-9,11-13H2,(H2,24,25,32). The summed E-state index contributed by atoms with van der Waals surface area (Å²) in [5, 5.41) is 15.3. The van der Waals surface area contributed by atoms with Gasteiger partial charge in [0.1, 0.15) is 18.5 Å². The molecule has 11 nitrogen and oxygen atoms in total. The van der Waals surface area contributed by atoms with Crippen LogP contribution in [0.3, 0.4) is 0 Å². The molecule has 0 unspecified atom stereocenters. The first-order valence-corrected chi connectivity index (χ1v) is 11.0. The highest BCUT2D eigenvalue weighted by molar-refractivity contribution is 5.80. The number of carbonyl (C=O) groups is 1. The molecule has 5 rings (SSSR count). The van der Waals surface area contributed by atoms with Crippen LogP contribution in [0.4, 0.5) is 4.79 Å². The summed E-state index contributed by atoms with van der Waals surface area (Å²) in [4.78, 5) is 25.4. The van der Waals surface area contributed by atoms with E-state index in [4.69, 9.17) is 4.74 Å². The molecule has 2 amide bonds. The van der Waals surface area contributed by atoms with E-state index in [2.05, 4.69) is 35.8 Å². The van der Waals surface area contributed by atoms with Gasteiger partial charge in [0.15, 0.2) is 5.82 Å². The summed E-state index contributed by atoms with van der Waals surface area (Å²) >= 11 is 0. The minimum absolute atomic E-state index is 0.223. The lowest BCUT2D eigenvalue weighted by Gasteiger charge is -2.22. The van der Waals surface area contributed by atoms with E-state index in [1.807, 2.05) is 35.0 Å². The fourth-order valence-electron chi connectivity index (χ4n) is 3.92. The lowest BCUT2D eigenvalue weighted by Crippen LogP contribution is -2.36. The van der Waals surface area contributed by atoms with E-state index in [9.17, 15) is 4.79 Å². The molecular weight excluding hydrogens is 422 g/mol. The molecule has 4 heterocycles. The summed E-state index contributed by atoms with van der Waals surface area (Å²) in [7, 11) is 0. The van der Waals surface area contributed by atoms with Crippen LogP contribution in [0.25, 0.3) is 16.6 Å². The highest BCUT2D eigenvalue weighted by Gasteiger charge is 2.17. The molecule has 0 atom stereocenters. The van der Waals surface area contributed by atoms with E-state index in [1.165, 1.54) is 12.7 Å². The molecule has 1 aliphatic heterocycles. The number of fused-ring (bicyclic) bond motifs is 1. The number of rotatable bonds is 7. The van der Waals surface area contributed by atoms with Gasteiger partial charge in [-0.3, -0.25) is 4.98 Å². The molecular formula is C22H25N9O2. The number of carbonyl (C=O) groups excluding carboxylic acids is 1. The van der Waals surface area contributed by atoms with E-state index in [-0.39, 0.29) is 19.1 Å². The molecule has 2 N–H and O–H groups in total. The van der Waals surface area contributed by atoms with E-state index >= 15 is 0 Å². The van der Waals surface area contributed by atoms with Gasteiger partial charge in [-0.25, -0.2) is 24.1 Å². The highest BCUT2D eigenvalue weighted by atomic mass is 16.5. The summed E-state index contributed by atoms with van der Waals surface area (Å²) < 4.78 is 8.97. The number of ether oxygens (including phenoxy) is 1. The maximum absolute atomic E-state index is 12.4. The van der Waals surface area contributed by atoms with Gasteiger partial charge in [0.05, 0.1) is 24.3 Å². The number of aromatic nitrogens is 7. The van der Waals surface area contributed by atoms with Crippen LogP contribution in [0.15, 0.2) is 49.2 Å². The van der Waals surface area contributed by atoms with Crippen molar-refractivity contribution in [1.29, 1.82) is 0 Å². The molecule has 1 aromatic carbocycles. The molecule has 0 radical (unpaired) electrons. The van der Waals surface area contributed by atoms with Crippen LogP contribution in [-0.2, 0) is 24.4 Å². The first kappa shape index (κ1) is 21.0. The Balaban J connectivity index is 1.16. The molecule has 1 saturated heterocycles. The van der Waals surface area contributed by atoms with Crippen molar-refractivity contribution in [2.75, 3.05) is 13.2 Å². The highest BCUT2D eigenvalue weighted by Crippen LogP contribution is 2.18. The Morgan fingerprint density at radius 3 is 2.67 bits per heavy atom. The van der Waals surface area contributed by atoms with Gasteiger partial charge in [-0.15, -0.1) is 0 Å². The lowest BCUT2D eigenvalue weighted by molar-refractivity contribution is 0.0598. The Morgan fingerprint density at radius 1 is 1.00 bits per heavy atom. The topological polar surface area (TPSA) is 125 Å². The zero-order valence-corrected chi connectivity index (χ0v) is 18.1. The van der Waals surface area contributed by atoms with E-state index < -0.39 is 0 Å². The molecule has 33 heavy (non-hydrogen) atoms. The smallest absolute Gasteiger partial charge is 0.315 e. The number of amides is 2. The fourth-order valence-corrected chi connectivity index (χ4v) is 3.92. The minimum Gasteiger partial charge on any atom is -0.381 e. The van der Waals surface area contributed by atoms with Gasteiger partial charge in [-0.05, 0) is 37.0 Å². The predicted octanol–water partition coefficient (Wildman–Crippen LogP) is 1.83. The quantitative estimate of drug-likeness (QED) is 0.443. The third-order valence-corrected chi connectivity index (χ3v) is 5.73. The zero-order valence-electron chi connectivity index (χ0n) is 18.1. The van der Waals surface area contributed by atoms with Crippen LogP contribution >= 0.6 is 0 Å². The Morgan fingerprint density at radius 2 is 1.79 bits per heavy atom. The van der Waals surface area contributed by atoms with Gasteiger partial charge in [0.2, 0.25) is 0 Å². The molecule has 1 aliphatic rings. The maximum Gasteiger partial charge on any atom is 0.315 e. The molecule has 0 spiro atoms. The Kier molecular flexibility index (Phi) is 6.20. The second kappa shape index (κ2) is 9.74. The third-order valence-electron chi connectivity index (χ3n) is 5.73. The second-order valence-corrected chi connectivity index (χ2v) is 7.92. The molecule has 0 saturated carbocycles. The predicted molar refractivity (Wildman–Crippen MR) is 119 cm³/mol. The number of pyridine rings is 1. The van der Waals surface area contributed by atoms with Crippen molar-refractivity contribution in [3.63, 3.8) is 0 Å². The maximum atomic E-state index is 12.4. The monoisotopic (exact) mass is 447 g/mol. The average Bonchev–Trinajstić information content (AvgIpc) is 3.51. The first-order chi connectivity index (χ1) is 16.3. The van der Waals surface area contributed by atoms with Gasteiger partial charge >= 0.3 is 6.03 Å². The zero-order chi connectivity index (χ0) is 22.5. The van der Waals surface area contributed by atoms with Crippen molar-refractivity contribution in [2.45, 2.75) is 32.5 Å². The minimum atomic E-state index is -0.314. The van der Waals surface area contributed by atoms with Crippen molar-refractivity contribution >= 4 is 16.9 Å². The molecule has 0 bridgehead atoms. The molecule has 170 valence electrons. The first-order valence-electron chi connectivity index (χ1n) is 11.0. The SMILES string of the molecule is O=C(NCc1ncnn1CC1CCOCC1)NCc1ncnn1-c1ccc2cccnc2c1. The van der Waals surface area contributed by atoms with Crippen LogP contribution in [0.2, 0.25) is 0 Å². The van der Waals surface area contributed by atoms with Gasteiger partial charge in [0, 0.05) is 31.3 Å². The third kappa shape index (κ3) is 4.98.